The van der Waals surface area contributed by atoms with Crippen molar-refractivity contribution in [3.05, 3.63) is 76.0 Å². The van der Waals surface area contributed by atoms with Crippen LogP contribution in [0, 0.1) is 5.82 Å². The molecule has 6 heteroatoms. The first-order chi connectivity index (χ1) is 13.6. The number of rotatable bonds is 4. The highest BCUT2D eigenvalue weighted by atomic mass is 19.1. The van der Waals surface area contributed by atoms with Gasteiger partial charge in [0.05, 0.1) is 5.39 Å². The highest BCUT2D eigenvalue weighted by Crippen LogP contribution is 2.18. The van der Waals surface area contributed by atoms with Gasteiger partial charge in [0.1, 0.15) is 17.0 Å². The van der Waals surface area contributed by atoms with E-state index in [1.807, 2.05) is 0 Å². The second kappa shape index (κ2) is 7.92. The van der Waals surface area contributed by atoms with Crippen LogP contribution in [0.3, 0.4) is 0 Å². The first-order valence-electron chi connectivity index (χ1n) is 9.65. The average Bonchev–Trinajstić information content (AvgIpc) is 2.72. The number of benzene rings is 1. The molecule has 2 heterocycles. The normalized spacial score (nSPS) is 14.9. The maximum atomic E-state index is 13.2. The quantitative estimate of drug-likeness (QED) is 0.753. The van der Waals surface area contributed by atoms with Gasteiger partial charge in [-0.1, -0.05) is 31.4 Å². The van der Waals surface area contributed by atoms with Crippen molar-refractivity contribution in [1.82, 2.24) is 14.9 Å². The van der Waals surface area contributed by atoms with Gasteiger partial charge in [0.25, 0.3) is 5.91 Å². The van der Waals surface area contributed by atoms with Crippen molar-refractivity contribution < 1.29 is 9.18 Å². The third-order valence-corrected chi connectivity index (χ3v) is 5.28. The number of nitrogens with zero attached hydrogens (tertiary/aromatic N) is 2. The molecule has 0 atom stereocenters. The van der Waals surface area contributed by atoms with E-state index < -0.39 is 0 Å². The fourth-order valence-electron chi connectivity index (χ4n) is 3.80. The summed E-state index contributed by atoms with van der Waals surface area (Å²) in [5.41, 5.74) is 1.17. The SMILES string of the molecule is O=C(NC1CCCCC1)c1cn(Cc2ccc(F)cc2)c2ncccc2c1=O. The van der Waals surface area contributed by atoms with Gasteiger partial charge in [-0.2, -0.15) is 0 Å². The van der Waals surface area contributed by atoms with Crippen molar-refractivity contribution in [2.75, 3.05) is 0 Å². The number of pyridine rings is 2. The maximum Gasteiger partial charge on any atom is 0.256 e. The molecule has 0 saturated heterocycles. The molecule has 0 unspecified atom stereocenters. The van der Waals surface area contributed by atoms with E-state index in [1.165, 1.54) is 18.6 Å². The van der Waals surface area contributed by atoms with Gasteiger partial charge in [-0.05, 0) is 42.7 Å². The fourth-order valence-corrected chi connectivity index (χ4v) is 3.80. The summed E-state index contributed by atoms with van der Waals surface area (Å²) >= 11 is 0. The zero-order valence-corrected chi connectivity index (χ0v) is 15.5. The van der Waals surface area contributed by atoms with Gasteiger partial charge in [-0.3, -0.25) is 9.59 Å². The smallest absolute Gasteiger partial charge is 0.256 e. The van der Waals surface area contributed by atoms with Gasteiger partial charge >= 0.3 is 0 Å². The molecule has 0 aliphatic heterocycles. The van der Waals surface area contributed by atoms with Crippen molar-refractivity contribution >= 4 is 16.9 Å². The van der Waals surface area contributed by atoms with Gasteiger partial charge < -0.3 is 9.88 Å². The molecule has 1 saturated carbocycles. The fraction of sp³-hybridized carbons (Fsp3) is 0.318. The zero-order chi connectivity index (χ0) is 19.5. The second-order valence-electron chi connectivity index (χ2n) is 7.31. The summed E-state index contributed by atoms with van der Waals surface area (Å²) in [5.74, 6) is -0.644. The molecule has 28 heavy (non-hydrogen) atoms. The number of aromatic nitrogens is 2. The molecular formula is C22H22FN3O2. The van der Waals surface area contributed by atoms with Crippen LogP contribution in [0.1, 0.15) is 48.0 Å². The van der Waals surface area contributed by atoms with Gasteiger partial charge in [0.2, 0.25) is 5.43 Å². The lowest BCUT2D eigenvalue weighted by Gasteiger charge is -2.23. The first kappa shape index (κ1) is 18.3. The lowest BCUT2D eigenvalue weighted by molar-refractivity contribution is 0.0926. The van der Waals surface area contributed by atoms with Crippen LogP contribution in [0.2, 0.25) is 0 Å². The summed E-state index contributed by atoms with van der Waals surface area (Å²) in [6.07, 6.45) is 8.47. The molecule has 144 valence electrons. The van der Waals surface area contributed by atoms with E-state index in [9.17, 15) is 14.0 Å². The molecular weight excluding hydrogens is 357 g/mol. The molecule has 1 amide bonds. The lowest BCUT2D eigenvalue weighted by Crippen LogP contribution is -2.38. The Morgan fingerprint density at radius 1 is 1.14 bits per heavy atom. The summed E-state index contributed by atoms with van der Waals surface area (Å²) in [4.78, 5) is 30.1. The van der Waals surface area contributed by atoms with Crippen LogP contribution in [0.4, 0.5) is 4.39 Å². The summed E-state index contributed by atoms with van der Waals surface area (Å²) in [7, 11) is 0. The molecule has 1 aliphatic carbocycles. The molecule has 0 radical (unpaired) electrons. The molecule has 4 rings (SSSR count). The average molecular weight is 379 g/mol. The summed E-state index contributed by atoms with van der Waals surface area (Å²) < 4.78 is 15.0. The lowest BCUT2D eigenvalue weighted by atomic mass is 9.95. The van der Waals surface area contributed by atoms with Crippen molar-refractivity contribution in [1.29, 1.82) is 0 Å². The molecule has 1 aliphatic rings. The molecule has 1 aromatic carbocycles. The number of nitrogens with one attached hydrogen (secondary N) is 1. The molecule has 2 aromatic heterocycles. The number of hydrogen-bond acceptors (Lipinski definition) is 3. The van der Waals surface area contributed by atoms with E-state index in [0.29, 0.717) is 17.6 Å². The number of hydrogen-bond donors (Lipinski definition) is 1. The van der Waals surface area contributed by atoms with E-state index in [2.05, 4.69) is 10.3 Å². The Kier molecular flexibility index (Phi) is 5.19. The van der Waals surface area contributed by atoms with Gasteiger partial charge in [-0.15, -0.1) is 0 Å². The largest absolute Gasteiger partial charge is 0.349 e. The molecule has 1 fully saturated rings. The molecule has 0 spiro atoms. The van der Waals surface area contributed by atoms with Crippen LogP contribution in [-0.2, 0) is 6.54 Å². The Morgan fingerprint density at radius 3 is 2.64 bits per heavy atom. The van der Waals surface area contributed by atoms with E-state index in [0.717, 1.165) is 31.2 Å². The van der Waals surface area contributed by atoms with Crippen molar-refractivity contribution in [3.8, 4) is 0 Å². The third-order valence-electron chi connectivity index (χ3n) is 5.28. The van der Waals surface area contributed by atoms with Crippen LogP contribution in [0.25, 0.3) is 11.0 Å². The minimum Gasteiger partial charge on any atom is -0.349 e. The van der Waals surface area contributed by atoms with Gasteiger partial charge in [0.15, 0.2) is 0 Å². The van der Waals surface area contributed by atoms with Crippen molar-refractivity contribution in [3.63, 3.8) is 0 Å². The van der Waals surface area contributed by atoms with Crippen LogP contribution >= 0.6 is 0 Å². The molecule has 1 N–H and O–H groups in total. The van der Waals surface area contributed by atoms with Crippen molar-refractivity contribution in [2.24, 2.45) is 0 Å². The summed E-state index contributed by atoms with van der Waals surface area (Å²) in [6.45, 7) is 0.387. The second-order valence-corrected chi connectivity index (χ2v) is 7.31. The number of carbonyl (C=O) groups excluding carboxylic acids is 1. The number of fused-ring (bicyclic) bond motifs is 1. The Labute approximate surface area is 162 Å². The third kappa shape index (κ3) is 3.81. The van der Waals surface area contributed by atoms with Gasteiger partial charge in [0, 0.05) is 25.0 Å². The van der Waals surface area contributed by atoms with Crippen LogP contribution < -0.4 is 10.7 Å². The zero-order valence-electron chi connectivity index (χ0n) is 15.5. The minimum absolute atomic E-state index is 0.119. The highest BCUT2D eigenvalue weighted by Gasteiger charge is 2.20. The Hall–Kier alpha value is -3.02. The topological polar surface area (TPSA) is 64.0 Å². The van der Waals surface area contributed by atoms with Crippen LogP contribution in [0.5, 0.6) is 0 Å². The predicted octanol–water partition coefficient (Wildman–Crippen LogP) is 3.65. The summed E-state index contributed by atoms with van der Waals surface area (Å²) in [6, 6.07) is 9.65. The minimum atomic E-state index is -0.337. The Bertz CT molecular complexity index is 1050. The van der Waals surface area contributed by atoms with E-state index in [4.69, 9.17) is 0 Å². The Morgan fingerprint density at radius 2 is 1.89 bits per heavy atom. The van der Waals surface area contributed by atoms with E-state index in [-0.39, 0.29) is 28.8 Å². The number of halogens is 1. The van der Waals surface area contributed by atoms with Crippen molar-refractivity contribution in [2.45, 2.75) is 44.7 Å². The monoisotopic (exact) mass is 379 g/mol. The van der Waals surface area contributed by atoms with Gasteiger partial charge in [-0.25, -0.2) is 9.37 Å². The first-order valence-corrected chi connectivity index (χ1v) is 9.65. The standard InChI is InChI=1S/C22H22FN3O2/c23-16-10-8-15(9-11-16)13-26-14-19(20(27)18-7-4-12-24-21(18)26)22(28)25-17-5-2-1-3-6-17/h4,7-12,14,17H,1-3,5-6,13H2,(H,25,28). The van der Waals surface area contributed by atoms with Crippen LogP contribution in [-0.4, -0.2) is 21.5 Å². The molecule has 0 bridgehead atoms. The maximum absolute atomic E-state index is 13.2. The summed E-state index contributed by atoms with van der Waals surface area (Å²) in [5, 5.41) is 3.42. The highest BCUT2D eigenvalue weighted by molar-refractivity contribution is 5.97. The molecule has 5 nitrogen and oxygen atoms in total. The van der Waals surface area contributed by atoms with Crippen LogP contribution in [0.15, 0.2) is 53.6 Å². The predicted molar refractivity (Wildman–Crippen MR) is 106 cm³/mol. The molecule has 3 aromatic rings. The van der Waals surface area contributed by atoms with E-state index in [1.54, 1.807) is 41.2 Å². The number of carbonyl (C=O) groups is 1. The number of amides is 1. The van der Waals surface area contributed by atoms with E-state index >= 15 is 0 Å². The Balaban J connectivity index is 1.72.